The molecule has 1 fully saturated rings. The van der Waals surface area contributed by atoms with Crippen LogP contribution in [0.25, 0.3) is 16.7 Å². The van der Waals surface area contributed by atoms with Crippen LogP contribution in [-0.4, -0.2) is 18.1 Å². The van der Waals surface area contributed by atoms with Gasteiger partial charge in [-0.3, -0.25) is 9.88 Å². The second-order valence-electron chi connectivity index (χ2n) is 6.28. The standard InChI is InChI=1S/C19H20N4/c1-2-7-14-12-18(22-10-5-6-11-22)23-17-9-4-3-8-16(17)21-19(23)15(14)13-20/h3-4,8-9,12H,2,5-7,10-11H2,1H3/p+1. The molecule has 4 rings (SSSR count). The van der Waals surface area contributed by atoms with E-state index in [1.165, 1.54) is 18.7 Å². The van der Waals surface area contributed by atoms with E-state index in [9.17, 15) is 5.26 Å². The molecule has 116 valence electrons. The molecule has 3 aromatic rings. The number of para-hydroxylation sites is 2. The third-order valence-corrected chi connectivity index (χ3v) is 4.77. The minimum absolute atomic E-state index is 0.783. The average Bonchev–Trinajstić information content (AvgIpc) is 3.22. The third-order valence-electron chi connectivity index (χ3n) is 4.77. The van der Waals surface area contributed by atoms with Crippen LogP contribution in [0.1, 0.15) is 37.3 Å². The number of hydrogen-bond acceptors (Lipinski definition) is 2. The summed E-state index contributed by atoms with van der Waals surface area (Å²) in [6, 6.07) is 13.0. The number of nitriles is 1. The van der Waals surface area contributed by atoms with Crippen molar-refractivity contribution in [3.63, 3.8) is 0 Å². The summed E-state index contributed by atoms with van der Waals surface area (Å²) in [7, 11) is 0. The second kappa shape index (κ2) is 5.58. The summed E-state index contributed by atoms with van der Waals surface area (Å²) in [5.41, 5.74) is 5.10. The zero-order valence-electron chi connectivity index (χ0n) is 13.5. The number of benzene rings is 1. The molecular formula is C19H21N4+. The zero-order valence-corrected chi connectivity index (χ0v) is 13.5. The Morgan fingerprint density at radius 2 is 2.04 bits per heavy atom. The summed E-state index contributed by atoms with van der Waals surface area (Å²) in [5.74, 6) is 1.22. The van der Waals surface area contributed by atoms with Gasteiger partial charge >= 0.3 is 0 Å². The van der Waals surface area contributed by atoms with Crippen LogP contribution in [0.15, 0.2) is 30.3 Å². The highest BCUT2D eigenvalue weighted by Gasteiger charge is 2.27. The van der Waals surface area contributed by atoms with Crippen LogP contribution in [0.2, 0.25) is 0 Å². The Balaban J connectivity index is 2.10. The SMILES string of the molecule is CCCc1cc(N2CCCC2)[n+]2c([nH]c3ccccc32)c1C#N. The second-order valence-corrected chi connectivity index (χ2v) is 6.28. The highest BCUT2D eigenvalue weighted by molar-refractivity contribution is 5.77. The summed E-state index contributed by atoms with van der Waals surface area (Å²) in [6.45, 7) is 4.36. The molecule has 1 saturated heterocycles. The van der Waals surface area contributed by atoms with Gasteiger partial charge in [-0.25, -0.2) is 0 Å². The fourth-order valence-corrected chi connectivity index (χ4v) is 3.71. The van der Waals surface area contributed by atoms with E-state index in [2.05, 4.69) is 51.5 Å². The molecule has 0 unspecified atom stereocenters. The van der Waals surface area contributed by atoms with Crippen LogP contribution >= 0.6 is 0 Å². The highest BCUT2D eigenvalue weighted by atomic mass is 15.2. The first kappa shape index (κ1) is 14.1. The lowest BCUT2D eigenvalue weighted by atomic mass is 10.1. The molecule has 1 aromatic carbocycles. The Bertz CT molecular complexity index is 910. The van der Waals surface area contributed by atoms with Gasteiger partial charge in [-0.1, -0.05) is 25.5 Å². The summed E-state index contributed by atoms with van der Waals surface area (Å²) in [5, 5.41) is 9.73. The van der Waals surface area contributed by atoms with Crippen molar-refractivity contribution in [3.8, 4) is 6.07 Å². The number of aryl methyl sites for hydroxylation is 1. The molecule has 0 saturated carbocycles. The molecule has 0 atom stereocenters. The Hall–Kier alpha value is -2.54. The van der Waals surface area contributed by atoms with Gasteiger partial charge in [0.2, 0.25) is 11.5 Å². The minimum Gasteiger partial charge on any atom is -0.292 e. The lowest BCUT2D eigenvalue weighted by Crippen LogP contribution is -2.34. The van der Waals surface area contributed by atoms with Crippen molar-refractivity contribution in [3.05, 3.63) is 41.5 Å². The zero-order chi connectivity index (χ0) is 15.8. The van der Waals surface area contributed by atoms with Crippen LogP contribution in [0.5, 0.6) is 0 Å². The number of aromatic nitrogens is 2. The summed E-state index contributed by atoms with van der Waals surface area (Å²) >= 11 is 0. The Morgan fingerprint density at radius 3 is 2.78 bits per heavy atom. The summed E-state index contributed by atoms with van der Waals surface area (Å²) in [4.78, 5) is 5.93. The number of fused-ring (bicyclic) bond motifs is 3. The van der Waals surface area contributed by atoms with Crippen molar-refractivity contribution in [2.45, 2.75) is 32.6 Å². The lowest BCUT2D eigenvalue weighted by molar-refractivity contribution is -0.467. The van der Waals surface area contributed by atoms with Gasteiger partial charge in [0, 0.05) is 6.07 Å². The summed E-state index contributed by atoms with van der Waals surface area (Å²) in [6.07, 6.45) is 4.47. The van der Waals surface area contributed by atoms with Gasteiger partial charge in [0.05, 0.1) is 13.1 Å². The maximum atomic E-state index is 9.73. The van der Waals surface area contributed by atoms with Crippen LogP contribution in [0.4, 0.5) is 5.82 Å². The van der Waals surface area contributed by atoms with Crippen LogP contribution in [0, 0.1) is 11.3 Å². The van der Waals surface area contributed by atoms with E-state index >= 15 is 0 Å². The number of imidazole rings is 1. The number of rotatable bonds is 3. The molecule has 3 heterocycles. The van der Waals surface area contributed by atoms with E-state index < -0.39 is 0 Å². The monoisotopic (exact) mass is 305 g/mol. The number of anilines is 1. The predicted molar refractivity (Wildman–Crippen MR) is 91.6 cm³/mol. The lowest BCUT2D eigenvalue weighted by Gasteiger charge is -2.15. The predicted octanol–water partition coefficient (Wildman–Crippen LogP) is 3.33. The van der Waals surface area contributed by atoms with Gasteiger partial charge in [-0.05, 0) is 37.0 Å². The van der Waals surface area contributed by atoms with E-state index in [4.69, 9.17) is 0 Å². The molecule has 1 aliphatic heterocycles. The topological polar surface area (TPSA) is 46.9 Å². The number of aromatic amines is 1. The van der Waals surface area contributed by atoms with E-state index in [-0.39, 0.29) is 0 Å². The van der Waals surface area contributed by atoms with E-state index in [0.29, 0.717) is 0 Å². The van der Waals surface area contributed by atoms with Crippen LogP contribution < -0.4 is 9.30 Å². The maximum Gasteiger partial charge on any atom is 0.250 e. The summed E-state index contributed by atoms with van der Waals surface area (Å²) < 4.78 is 2.23. The number of nitrogens with one attached hydrogen (secondary N) is 1. The Morgan fingerprint density at radius 1 is 1.26 bits per heavy atom. The first-order chi connectivity index (χ1) is 11.3. The highest BCUT2D eigenvalue weighted by Crippen LogP contribution is 2.25. The van der Waals surface area contributed by atoms with Gasteiger partial charge in [0.15, 0.2) is 0 Å². The van der Waals surface area contributed by atoms with Crippen molar-refractivity contribution in [2.24, 2.45) is 0 Å². The first-order valence-electron chi connectivity index (χ1n) is 8.47. The first-order valence-corrected chi connectivity index (χ1v) is 8.47. The molecule has 0 radical (unpaired) electrons. The molecule has 0 bridgehead atoms. The van der Waals surface area contributed by atoms with Crippen LogP contribution in [0.3, 0.4) is 0 Å². The molecule has 0 amide bonds. The molecule has 1 N–H and O–H groups in total. The minimum atomic E-state index is 0.783. The molecule has 2 aromatic heterocycles. The van der Waals surface area contributed by atoms with Gasteiger partial charge in [0.1, 0.15) is 22.7 Å². The van der Waals surface area contributed by atoms with Crippen molar-refractivity contribution in [2.75, 3.05) is 18.0 Å². The third kappa shape index (κ3) is 2.16. The van der Waals surface area contributed by atoms with Gasteiger partial charge in [-0.2, -0.15) is 9.66 Å². The average molecular weight is 305 g/mol. The van der Waals surface area contributed by atoms with E-state index in [1.54, 1.807) is 0 Å². The molecule has 1 aliphatic rings. The smallest absolute Gasteiger partial charge is 0.250 e. The van der Waals surface area contributed by atoms with Gasteiger partial charge in [0.25, 0.3) is 0 Å². The molecular weight excluding hydrogens is 284 g/mol. The largest absolute Gasteiger partial charge is 0.292 e. The van der Waals surface area contributed by atoms with E-state index in [0.717, 1.165) is 53.7 Å². The normalized spacial score (nSPS) is 14.7. The number of nitrogens with zero attached hydrogens (tertiary/aromatic N) is 3. The van der Waals surface area contributed by atoms with Gasteiger partial charge < -0.3 is 0 Å². The molecule has 0 aliphatic carbocycles. The van der Waals surface area contributed by atoms with Crippen molar-refractivity contribution < 1.29 is 4.40 Å². The Kier molecular flexibility index (Phi) is 3.42. The fourth-order valence-electron chi connectivity index (χ4n) is 3.71. The number of hydrogen-bond donors (Lipinski definition) is 1. The van der Waals surface area contributed by atoms with E-state index in [1.807, 2.05) is 6.07 Å². The molecule has 0 spiro atoms. The Labute approximate surface area is 136 Å². The number of H-pyrrole nitrogens is 1. The molecule has 4 nitrogen and oxygen atoms in total. The van der Waals surface area contributed by atoms with Crippen molar-refractivity contribution in [1.29, 1.82) is 5.26 Å². The van der Waals surface area contributed by atoms with Gasteiger partial charge in [-0.15, -0.1) is 0 Å². The quantitative estimate of drug-likeness (QED) is 0.754. The molecule has 23 heavy (non-hydrogen) atoms. The van der Waals surface area contributed by atoms with Crippen LogP contribution in [-0.2, 0) is 6.42 Å². The van der Waals surface area contributed by atoms with Crippen molar-refractivity contribution >= 4 is 22.5 Å². The molecule has 4 heteroatoms. The van der Waals surface area contributed by atoms with Crippen molar-refractivity contribution in [1.82, 2.24) is 4.98 Å². The number of pyridine rings is 1. The maximum absolute atomic E-state index is 9.73. The fraction of sp³-hybridized carbons (Fsp3) is 0.368.